The summed E-state index contributed by atoms with van der Waals surface area (Å²) in [6.45, 7) is 9.98. The van der Waals surface area contributed by atoms with E-state index < -0.39 is 50.2 Å². The summed E-state index contributed by atoms with van der Waals surface area (Å²) in [4.78, 5) is 12.5. The molecular weight excluding hydrogens is 455 g/mol. The van der Waals surface area contributed by atoms with E-state index in [1.807, 2.05) is 6.92 Å². The molecule has 0 heterocycles. The summed E-state index contributed by atoms with van der Waals surface area (Å²) in [6.07, 6.45) is -4.71. The number of benzene rings is 2. The van der Waals surface area contributed by atoms with Gasteiger partial charge < -0.3 is 4.74 Å². The van der Waals surface area contributed by atoms with E-state index in [0.29, 0.717) is 11.6 Å². The SMILES string of the molecule is Cc1ccc(CN([C@H](C(=O)OC(C)(C)C)C(C)C)S(=O)(=O)c2cccc(C(F)(F)F)c2)cc1. The zero-order valence-electron chi connectivity index (χ0n) is 19.6. The topological polar surface area (TPSA) is 63.7 Å². The van der Waals surface area contributed by atoms with Crippen LogP contribution in [0.15, 0.2) is 53.4 Å². The standard InChI is InChI=1S/C24H30F3NO4S/c1-16(2)21(22(29)32-23(4,5)6)28(15-18-12-10-17(3)11-13-18)33(30,31)20-9-7-8-19(14-20)24(25,26)27/h7-14,16,21H,15H2,1-6H3/t21-/m0/s1. The molecule has 2 aromatic rings. The van der Waals surface area contributed by atoms with E-state index in [4.69, 9.17) is 4.74 Å². The molecule has 2 aromatic carbocycles. The molecule has 0 fully saturated rings. The smallest absolute Gasteiger partial charge is 0.416 e. The molecule has 0 aromatic heterocycles. The van der Waals surface area contributed by atoms with Crippen molar-refractivity contribution in [2.24, 2.45) is 5.92 Å². The van der Waals surface area contributed by atoms with Crippen molar-refractivity contribution in [1.82, 2.24) is 4.31 Å². The second-order valence-electron chi connectivity index (χ2n) is 9.28. The van der Waals surface area contributed by atoms with Crippen LogP contribution < -0.4 is 0 Å². The summed E-state index contributed by atoms with van der Waals surface area (Å²) in [5, 5.41) is 0. The molecule has 0 aliphatic carbocycles. The largest absolute Gasteiger partial charge is 0.459 e. The lowest BCUT2D eigenvalue weighted by molar-refractivity contribution is -0.161. The predicted molar refractivity (Wildman–Crippen MR) is 120 cm³/mol. The first-order chi connectivity index (χ1) is 15.0. The zero-order valence-corrected chi connectivity index (χ0v) is 20.4. The lowest BCUT2D eigenvalue weighted by Crippen LogP contribution is -2.49. The van der Waals surface area contributed by atoms with Crippen LogP contribution in [0.1, 0.15) is 51.3 Å². The van der Waals surface area contributed by atoms with Crippen LogP contribution in [0.5, 0.6) is 0 Å². The molecule has 0 amide bonds. The molecule has 0 N–H and O–H groups in total. The molecule has 0 aliphatic heterocycles. The van der Waals surface area contributed by atoms with Gasteiger partial charge in [0.05, 0.1) is 10.5 Å². The number of alkyl halides is 3. The predicted octanol–water partition coefficient (Wildman–Crippen LogP) is 5.57. The Hall–Kier alpha value is -2.39. The van der Waals surface area contributed by atoms with Gasteiger partial charge in [-0.05, 0) is 57.4 Å². The minimum atomic E-state index is -4.71. The number of nitrogens with zero attached hydrogens (tertiary/aromatic N) is 1. The molecule has 0 saturated heterocycles. The van der Waals surface area contributed by atoms with Crippen LogP contribution >= 0.6 is 0 Å². The van der Waals surface area contributed by atoms with Crippen molar-refractivity contribution in [3.05, 3.63) is 65.2 Å². The highest BCUT2D eigenvalue weighted by Crippen LogP contribution is 2.33. The van der Waals surface area contributed by atoms with Crippen LogP contribution in [0.2, 0.25) is 0 Å². The number of sulfonamides is 1. The summed E-state index contributed by atoms with van der Waals surface area (Å²) in [5.41, 5.74) is -0.416. The van der Waals surface area contributed by atoms with E-state index >= 15 is 0 Å². The highest BCUT2D eigenvalue weighted by atomic mass is 32.2. The molecule has 2 rings (SSSR count). The van der Waals surface area contributed by atoms with Crippen molar-refractivity contribution in [2.45, 2.75) is 70.8 Å². The molecule has 182 valence electrons. The van der Waals surface area contributed by atoms with Crippen LogP contribution in [0.4, 0.5) is 13.2 Å². The molecule has 1 atom stereocenters. The quantitative estimate of drug-likeness (QED) is 0.481. The first kappa shape index (κ1) is 26.9. The van der Waals surface area contributed by atoms with Crippen LogP contribution in [-0.2, 0) is 32.3 Å². The maximum absolute atomic E-state index is 13.6. The number of esters is 1. The van der Waals surface area contributed by atoms with Crippen LogP contribution in [0, 0.1) is 12.8 Å². The molecule has 9 heteroatoms. The third-order valence-electron chi connectivity index (χ3n) is 4.82. The van der Waals surface area contributed by atoms with E-state index in [9.17, 15) is 26.4 Å². The lowest BCUT2D eigenvalue weighted by Gasteiger charge is -2.34. The molecule has 0 saturated carbocycles. The van der Waals surface area contributed by atoms with E-state index in [0.717, 1.165) is 28.1 Å². The minimum Gasteiger partial charge on any atom is -0.459 e. The average Bonchev–Trinajstić information content (AvgIpc) is 2.66. The van der Waals surface area contributed by atoms with E-state index in [1.54, 1.807) is 58.9 Å². The Morgan fingerprint density at radius 3 is 2.09 bits per heavy atom. The van der Waals surface area contributed by atoms with Gasteiger partial charge in [-0.25, -0.2) is 8.42 Å². The molecule has 0 spiro atoms. The van der Waals surface area contributed by atoms with Gasteiger partial charge in [-0.2, -0.15) is 17.5 Å². The Bertz CT molecular complexity index is 1070. The van der Waals surface area contributed by atoms with Crippen molar-refractivity contribution < 1.29 is 31.1 Å². The van der Waals surface area contributed by atoms with Gasteiger partial charge in [-0.1, -0.05) is 49.7 Å². The molecule has 33 heavy (non-hydrogen) atoms. The molecule has 0 unspecified atom stereocenters. The van der Waals surface area contributed by atoms with Crippen LogP contribution in [-0.4, -0.2) is 30.3 Å². The van der Waals surface area contributed by atoms with Gasteiger partial charge in [-0.15, -0.1) is 0 Å². The normalized spacial score (nSPS) is 13.9. The number of carbonyl (C=O) groups excluding carboxylic acids is 1. The van der Waals surface area contributed by atoms with Crippen LogP contribution in [0.3, 0.4) is 0 Å². The maximum atomic E-state index is 13.6. The van der Waals surface area contributed by atoms with E-state index in [2.05, 4.69) is 0 Å². The van der Waals surface area contributed by atoms with E-state index in [-0.39, 0.29) is 6.54 Å². The van der Waals surface area contributed by atoms with Gasteiger partial charge in [0.25, 0.3) is 0 Å². The molecule has 5 nitrogen and oxygen atoms in total. The monoisotopic (exact) mass is 485 g/mol. The van der Waals surface area contributed by atoms with Crippen molar-refractivity contribution in [3.63, 3.8) is 0 Å². The number of carbonyl (C=O) groups is 1. The fourth-order valence-electron chi connectivity index (χ4n) is 3.26. The fourth-order valence-corrected chi connectivity index (χ4v) is 5.00. The Labute approximate surface area is 193 Å². The fraction of sp³-hybridized carbons (Fsp3) is 0.458. The van der Waals surface area contributed by atoms with Crippen molar-refractivity contribution in [3.8, 4) is 0 Å². The number of hydrogen-bond donors (Lipinski definition) is 0. The number of hydrogen-bond acceptors (Lipinski definition) is 4. The van der Waals surface area contributed by atoms with Crippen molar-refractivity contribution in [1.29, 1.82) is 0 Å². The molecule has 0 aliphatic rings. The highest BCUT2D eigenvalue weighted by Gasteiger charge is 2.41. The first-order valence-electron chi connectivity index (χ1n) is 10.5. The number of ether oxygens (including phenoxy) is 1. The zero-order chi connectivity index (χ0) is 25.2. The lowest BCUT2D eigenvalue weighted by atomic mass is 10.0. The van der Waals surface area contributed by atoms with Gasteiger partial charge in [-0.3, -0.25) is 4.79 Å². The summed E-state index contributed by atoms with van der Waals surface area (Å²) in [6, 6.07) is 9.31. The molecule has 0 bridgehead atoms. The average molecular weight is 486 g/mol. The molecule has 0 radical (unpaired) electrons. The van der Waals surface area contributed by atoms with Gasteiger partial charge in [0.15, 0.2) is 0 Å². The van der Waals surface area contributed by atoms with Crippen molar-refractivity contribution in [2.75, 3.05) is 0 Å². The molecular formula is C24H30F3NO4S. The van der Waals surface area contributed by atoms with Gasteiger partial charge in [0, 0.05) is 6.54 Å². The van der Waals surface area contributed by atoms with Crippen LogP contribution in [0.25, 0.3) is 0 Å². The highest BCUT2D eigenvalue weighted by molar-refractivity contribution is 7.89. The number of aryl methyl sites for hydroxylation is 1. The summed E-state index contributed by atoms with van der Waals surface area (Å²) in [7, 11) is -4.50. The first-order valence-corrected chi connectivity index (χ1v) is 11.9. The van der Waals surface area contributed by atoms with Crippen molar-refractivity contribution >= 4 is 16.0 Å². The van der Waals surface area contributed by atoms with E-state index in [1.165, 1.54) is 0 Å². The summed E-state index contributed by atoms with van der Waals surface area (Å²) in [5.74, 6) is -1.27. The Morgan fingerprint density at radius 1 is 1.03 bits per heavy atom. The maximum Gasteiger partial charge on any atom is 0.416 e. The Morgan fingerprint density at radius 2 is 1.61 bits per heavy atom. The van der Waals surface area contributed by atoms with Gasteiger partial charge >= 0.3 is 12.1 Å². The van der Waals surface area contributed by atoms with Gasteiger partial charge in [0.1, 0.15) is 11.6 Å². The minimum absolute atomic E-state index is 0.207. The second kappa shape index (κ2) is 9.85. The second-order valence-corrected chi connectivity index (χ2v) is 11.2. The van der Waals surface area contributed by atoms with Gasteiger partial charge in [0.2, 0.25) is 10.0 Å². The third-order valence-corrected chi connectivity index (χ3v) is 6.64. The number of halogens is 3. The summed E-state index contributed by atoms with van der Waals surface area (Å²) >= 11 is 0. The number of rotatable bonds is 7. The Balaban J connectivity index is 2.64. The summed E-state index contributed by atoms with van der Waals surface area (Å²) < 4.78 is 73.5. The third kappa shape index (κ3) is 7.04. The Kier molecular flexibility index (Phi) is 8.02.